The van der Waals surface area contributed by atoms with Gasteiger partial charge in [-0.1, -0.05) is 0 Å². The molecule has 2 N–H and O–H groups in total. The lowest BCUT2D eigenvalue weighted by molar-refractivity contribution is 0.0674. The maximum Gasteiger partial charge on any atom is 0.0780 e. The molecule has 1 aliphatic carbocycles. The van der Waals surface area contributed by atoms with E-state index in [1.807, 2.05) is 0 Å². The SMILES string of the molecule is C[C@]1(N)CCO[C@H]1C1CC1. The summed E-state index contributed by atoms with van der Waals surface area (Å²) in [7, 11) is 0. The van der Waals surface area contributed by atoms with Gasteiger partial charge in [0.15, 0.2) is 0 Å². The van der Waals surface area contributed by atoms with Crippen LogP contribution in [0.15, 0.2) is 0 Å². The summed E-state index contributed by atoms with van der Waals surface area (Å²) in [4.78, 5) is 0. The zero-order valence-corrected chi connectivity index (χ0v) is 6.47. The van der Waals surface area contributed by atoms with Crippen molar-refractivity contribution in [1.82, 2.24) is 0 Å². The minimum Gasteiger partial charge on any atom is -0.376 e. The van der Waals surface area contributed by atoms with Crippen molar-refractivity contribution < 1.29 is 4.74 Å². The van der Waals surface area contributed by atoms with Crippen LogP contribution in [-0.4, -0.2) is 18.2 Å². The Hall–Kier alpha value is -0.0800. The number of nitrogens with two attached hydrogens (primary N) is 1. The standard InChI is InChI=1S/C8H15NO/c1-8(9)4-5-10-7(8)6-2-3-6/h6-7H,2-5,9H2,1H3/t7-,8-/m0/s1. The molecule has 1 aliphatic heterocycles. The number of ether oxygens (including phenoxy) is 1. The van der Waals surface area contributed by atoms with Crippen molar-refractivity contribution in [2.45, 2.75) is 37.8 Å². The molecular formula is C8H15NO. The molecule has 2 heteroatoms. The second kappa shape index (κ2) is 1.95. The van der Waals surface area contributed by atoms with Gasteiger partial charge in [-0.05, 0) is 32.1 Å². The van der Waals surface area contributed by atoms with Gasteiger partial charge in [-0.2, -0.15) is 0 Å². The maximum absolute atomic E-state index is 6.04. The average Bonchev–Trinajstić information content (AvgIpc) is 2.58. The van der Waals surface area contributed by atoms with E-state index < -0.39 is 0 Å². The fourth-order valence-electron chi connectivity index (χ4n) is 1.81. The molecule has 2 aliphatic rings. The van der Waals surface area contributed by atoms with Gasteiger partial charge >= 0.3 is 0 Å². The van der Waals surface area contributed by atoms with Crippen LogP contribution in [0.1, 0.15) is 26.2 Å². The highest BCUT2D eigenvalue weighted by Gasteiger charge is 2.45. The zero-order valence-electron chi connectivity index (χ0n) is 6.47. The molecule has 0 spiro atoms. The Labute approximate surface area is 61.7 Å². The van der Waals surface area contributed by atoms with Crippen molar-refractivity contribution in [2.24, 2.45) is 11.7 Å². The van der Waals surface area contributed by atoms with Crippen molar-refractivity contribution in [3.8, 4) is 0 Å². The van der Waals surface area contributed by atoms with E-state index in [0.29, 0.717) is 6.10 Å². The van der Waals surface area contributed by atoms with Crippen LogP contribution in [0, 0.1) is 5.92 Å². The summed E-state index contributed by atoms with van der Waals surface area (Å²) in [6, 6.07) is 0. The van der Waals surface area contributed by atoms with Gasteiger partial charge in [0.2, 0.25) is 0 Å². The van der Waals surface area contributed by atoms with Gasteiger partial charge in [0.25, 0.3) is 0 Å². The molecule has 0 unspecified atom stereocenters. The zero-order chi connectivity index (χ0) is 7.19. The predicted molar refractivity (Wildman–Crippen MR) is 39.7 cm³/mol. The van der Waals surface area contributed by atoms with Crippen LogP contribution in [0.3, 0.4) is 0 Å². The normalized spacial score (nSPS) is 48.0. The smallest absolute Gasteiger partial charge is 0.0780 e. The van der Waals surface area contributed by atoms with Crippen LogP contribution in [-0.2, 0) is 4.74 Å². The first-order valence-corrected chi connectivity index (χ1v) is 4.11. The van der Waals surface area contributed by atoms with Crippen LogP contribution in [0.25, 0.3) is 0 Å². The molecule has 0 bridgehead atoms. The summed E-state index contributed by atoms with van der Waals surface area (Å²) in [5.74, 6) is 0.789. The number of rotatable bonds is 1. The summed E-state index contributed by atoms with van der Waals surface area (Å²) in [5, 5.41) is 0. The van der Waals surface area contributed by atoms with E-state index in [4.69, 9.17) is 10.5 Å². The van der Waals surface area contributed by atoms with Gasteiger partial charge in [-0.3, -0.25) is 0 Å². The van der Waals surface area contributed by atoms with Gasteiger partial charge in [0.05, 0.1) is 6.10 Å². The summed E-state index contributed by atoms with van der Waals surface area (Å²) in [5.41, 5.74) is 6.01. The van der Waals surface area contributed by atoms with E-state index in [0.717, 1.165) is 18.9 Å². The predicted octanol–water partition coefficient (Wildman–Crippen LogP) is 0.903. The molecule has 0 aromatic rings. The van der Waals surface area contributed by atoms with E-state index in [9.17, 15) is 0 Å². The first-order valence-electron chi connectivity index (χ1n) is 4.11. The lowest BCUT2D eigenvalue weighted by Gasteiger charge is -2.24. The molecule has 1 heterocycles. The van der Waals surface area contributed by atoms with Crippen molar-refractivity contribution in [1.29, 1.82) is 0 Å². The summed E-state index contributed by atoms with van der Waals surface area (Å²) in [6.45, 7) is 2.98. The van der Waals surface area contributed by atoms with Gasteiger partial charge in [0, 0.05) is 12.1 Å². The monoisotopic (exact) mass is 141 g/mol. The quantitative estimate of drug-likeness (QED) is 0.589. The van der Waals surface area contributed by atoms with Gasteiger partial charge in [-0.15, -0.1) is 0 Å². The highest BCUT2D eigenvalue weighted by molar-refractivity contribution is 5.00. The minimum atomic E-state index is -0.0266. The van der Waals surface area contributed by atoms with E-state index in [-0.39, 0.29) is 5.54 Å². The second-order valence-corrected chi connectivity index (χ2v) is 3.88. The maximum atomic E-state index is 6.04. The lowest BCUT2D eigenvalue weighted by atomic mass is 9.92. The third kappa shape index (κ3) is 0.956. The van der Waals surface area contributed by atoms with Crippen LogP contribution < -0.4 is 5.73 Å². The average molecular weight is 141 g/mol. The third-order valence-corrected chi connectivity index (χ3v) is 2.64. The van der Waals surface area contributed by atoms with Crippen molar-refractivity contribution in [2.75, 3.05) is 6.61 Å². The van der Waals surface area contributed by atoms with Crippen LogP contribution in [0.5, 0.6) is 0 Å². The van der Waals surface area contributed by atoms with Gasteiger partial charge in [-0.25, -0.2) is 0 Å². The van der Waals surface area contributed by atoms with Crippen LogP contribution >= 0.6 is 0 Å². The summed E-state index contributed by atoms with van der Waals surface area (Å²) in [6.07, 6.45) is 4.07. The molecule has 2 rings (SSSR count). The summed E-state index contributed by atoms with van der Waals surface area (Å²) < 4.78 is 5.57. The van der Waals surface area contributed by atoms with E-state index >= 15 is 0 Å². The molecule has 0 radical (unpaired) electrons. The van der Waals surface area contributed by atoms with Crippen LogP contribution in [0.4, 0.5) is 0 Å². The second-order valence-electron chi connectivity index (χ2n) is 3.88. The Morgan fingerprint density at radius 1 is 1.50 bits per heavy atom. The third-order valence-electron chi connectivity index (χ3n) is 2.64. The first kappa shape index (κ1) is 6.62. The molecule has 2 nitrogen and oxygen atoms in total. The minimum absolute atomic E-state index is 0.0266. The molecule has 10 heavy (non-hydrogen) atoms. The highest BCUT2D eigenvalue weighted by atomic mass is 16.5. The molecule has 1 saturated carbocycles. The summed E-state index contributed by atoms with van der Waals surface area (Å²) >= 11 is 0. The van der Waals surface area contributed by atoms with Crippen molar-refractivity contribution in [3.63, 3.8) is 0 Å². The Kier molecular flexibility index (Phi) is 1.29. The Morgan fingerprint density at radius 3 is 2.60 bits per heavy atom. The van der Waals surface area contributed by atoms with Gasteiger partial charge in [0.1, 0.15) is 0 Å². The van der Waals surface area contributed by atoms with E-state index in [1.165, 1.54) is 12.8 Å². The largest absolute Gasteiger partial charge is 0.376 e. The fraction of sp³-hybridized carbons (Fsp3) is 1.00. The topological polar surface area (TPSA) is 35.2 Å². The van der Waals surface area contributed by atoms with Crippen molar-refractivity contribution in [3.05, 3.63) is 0 Å². The molecule has 2 fully saturated rings. The molecule has 0 aromatic heterocycles. The van der Waals surface area contributed by atoms with Gasteiger partial charge < -0.3 is 10.5 Å². The number of hydrogen-bond acceptors (Lipinski definition) is 2. The Balaban J connectivity index is 2.05. The van der Waals surface area contributed by atoms with E-state index in [1.54, 1.807) is 0 Å². The first-order chi connectivity index (χ1) is 4.70. The van der Waals surface area contributed by atoms with Crippen molar-refractivity contribution >= 4 is 0 Å². The van der Waals surface area contributed by atoms with Crippen LogP contribution in [0.2, 0.25) is 0 Å². The molecule has 0 aromatic carbocycles. The molecule has 2 atom stereocenters. The Bertz CT molecular complexity index is 140. The molecular weight excluding hydrogens is 126 g/mol. The Morgan fingerprint density at radius 2 is 2.20 bits per heavy atom. The molecule has 58 valence electrons. The highest BCUT2D eigenvalue weighted by Crippen LogP contribution is 2.41. The lowest BCUT2D eigenvalue weighted by Crippen LogP contribution is -2.45. The number of hydrogen-bond donors (Lipinski definition) is 1. The molecule has 0 amide bonds. The fourth-order valence-corrected chi connectivity index (χ4v) is 1.81. The van der Waals surface area contributed by atoms with E-state index in [2.05, 4.69) is 6.92 Å². The molecule has 1 saturated heterocycles.